The zero-order valence-corrected chi connectivity index (χ0v) is 32.7. The monoisotopic (exact) mass is 789 g/mol. The molecular formula is C41H55N7O9. The van der Waals surface area contributed by atoms with Crippen molar-refractivity contribution in [3.63, 3.8) is 0 Å². The lowest BCUT2D eigenvalue weighted by molar-refractivity contribution is -0.146. The van der Waals surface area contributed by atoms with Crippen molar-refractivity contribution in [2.45, 2.75) is 114 Å². The van der Waals surface area contributed by atoms with Crippen LogP contribution in [-0.2, 0) is 46.4 Å². The predicted molar refractivity (Wildman–Crippen MR) is 208 cm³/mol. The van der Waals surface area contributed by atoms with E-state index in [2.05, 4.69) is 26.6 Å². The summed E-state index contributed by atoms with van der Waals surface area (Å²) in [6.45, 7) is 4.40. The van der Waals surface area contributed by atoms with Crippen LogP contribution < -0.4 is 26.6 Å². The summed E-state index contributed by atoms with van der Waals surface area (Å²) >= 11 is 0. The van der Waals surface area contributed by atoms with E-state index < -0.39 is 102 Å². The van der Waals surface area contributed by atoms with E-state index in [9.17, 15) is 43.8 Å². The first kappa shape index (κ1) is 42.8. The number of aliphatic hydroxyl groups excluding tert-OH is 2. The van der Waals surface area contributed by atoms with Crippen molar-refractivity contribution in [3.8, 4) is 0 Å². The average Bonchev–Trinajstić information content (AvgIpc) is 3.91. The van der Waals surface area contributed by atoms with Gasteiger partial charge in [-0.05, 0) is 49.7 Å². The van der Waals surface area contributed by atoms with Crippen LogP contribution in [0.5, 0.6) is 0 Å². The third-order valence-electron chi connectivity index (χ3n) is 11.1. The fraction of sp³-hybridized carbons (Fsp3) is 0.537. The van der Waals surface area contributed by atoms with Gasteiger partial charge in [0.05, 0.1) is 12.7 Å². The second-order valence-electron chi connectivity index (χ2n) is 15.2. The van der Waals surface area contributed by atoms with Gasteiger partial charge in [-0.2, -0.15) is 0 Å². The van der Waals surface area contributed by atoms with Gasteiger partial charge >= 0.3 is 0 Å². The summed E-state index contributed by atoms with van der Waals surface area (Å²) in [4.78, 5) is 101. The molecule has 0 bridgehead atoms. The Labute approximate surface area is 332 Å². The number of nitrogens with one attached hydrogen (secondary N) is 5. The molecule has 3 saturated heterocycles. The normalized spacial score (nSPS) is 28.2. The SMILES string of the molecule is CC[C@H](C)[C@H]1NC(=O)[C@@H](Cc2ccccc2)NC(=O)[C@H]2CCCN2C(=O)[C@@H]([C@H](C)O)NC(=O)[C@@H]2CCCN2C(=O)[C@H](CO)NC(=O)[C@H](Cc2ccccc2)NC1=O. The summed E-state index contributed by atoms with van der Waals surface area (Å²) in [5.74, 6) is -5.36. The molecule has 0 saturated carbocycles. The number of aliphatic hydroxyl groups is 2. The van der Waals surface area contributed by atoms with Crippen LogP contribution in [0.25, 0.3) is 0 Å². The highest BCUT2D eigenvalue weighted by Crippen LogP contribution is 2.23. The van der Waals surface area contributed by atoms with Crippen LogP contribution in [0.1, 0.15) is 64.0 Å². The highest BCUT2D eigenvalue weighted by molar-refractivity contribution is 5.99. The molecule has 0 spiro atoms. The first-order valence-electron chi connectivity index (χ1n) is 19.8. The molecule has 3 heterocycles. The van der Waals surface area contributed by atoms with Gasteiger partial charge < -0.3 is 46.6 Å². The molecule has 0 radical (unpaired) electrons. The van der Waals surface area contributed by atoms with Crippen LogP contribution in [0.15, 0.2) is 60.7 Å². The molecule has 16 nitrogen and oxygen atoms in total. The molecule has 0 unspecified atom stereocenters. The van der Waals surface area contributed by atoms with E-state index in [0.717, 1.165) is 5.56 Å². The fourth-order valence-corrected chi connectivity index (χ4v) is 7.68. The Hall–Kier alpha value is -5.35. The second-order valence-corrected chi connectivity index (χ2v) is 15.2. The van der Waals surface area contributed by atoms with Crippen LogP contribution >= 0.6 is 0 Å². The Kier molecular flexibility index (Phi) is 14.8. The topological polar surface area (TPSA) is 227 Å². The largest absolute Gasteiger partial charge is 0.394 e. The minimum absolute atomic E-state index is 0.00000909. The molecule has 57 heavy (non-hydrogen) atoms. The Morgan fingerprint density at radius 3 is 1.53 bits per heavy atom. The van der Waals surface area contributed by atoms with E-state index in [1.807, 2.05) is 13.0 Å². The fourth-order valence-electron chi connectivity index (χ4n) is 7.68. The Morgan fingerprint density at radius 2 is 1.04 bits per heavy atom. The van der Waals surface area contributed by atoms with E-state index in [1.54, 1.807) is 61.5 Å². The molecule has 3 aliphatic rings. The minimum atomic E-state index is -1.49. The number of carbonyl (C=O) groups is 7. The van der Waals surface area contributed by atoms with Gasteiger partial charge in [0, 0.05) is 25.9 Å². The molecule has 2 aromatic carbocycles. The number of carbonyl (C=O) groups excluding carboxylic acids is 7. The number of amides is 7. The van der Waals surface area contributed by atoms with Gasteiger partial charge in [-0.1, -0.05) is 80.9 Å². The average molecular weight is 790 g/mol. The molecule has 3 fully saturated rings. The zero-order chi connectivity index (χ0) is 41.2. The number of fused-ring (bicyclic) bond motifs is 2. The van der Waals surface area contributed by atoms with Crippen molar-refractivity contribution < 1.29 is 43.8 Å². The quantitative estimate of drug-likeness (QED) is 0.180. The smallest absolute Gasteiger partial charge is 0.248 e. The standard InChI is InChI=1S/C41H55N7O9/c1-4-24(2)33-39(55)43-28(21-26-13-7-5-8-14-26)35(51)44-30(23-49)40(56)47-19-11-18-32(47)38(54)46-34(25(3)50)41(57)48-20-12-17-31(48)37(53)42-29(36(52)45-33)22-27-15-9-6-10-16-27/h5-10,13-16,24-25,28-34,49-50H,4,11-12,17-23H2,1-3H3,(H,42,53)(H,43,55)(H,44,51)(H,45,52)(H,46,54)/t24-,25-,28-,29+,30-,31+,32-,33+,34+/m0/s1. The maximum absolute atomic E-state index is 14.2. The maximum atomic E-state index is 14.2. The summed E-state index contributed by atoms with van der Waals surface area (Å²) in [6, 6.07) is 9.16. The van der Waals surface area contributed by atoms with Crippen molar-refractivity contribution in [1.29, 1.82) is 0 Å². The lowest BCUT2D eigenvalue weighted by Gasteiger charge is -2.33. The van der Waals surface area contributed by atoms with E-state index in [-0.39, 0.29) is 38.8 Å². The third-order valence-corrected chi connectivity index (χ3v) is 11.1. The summed E-state index contributed by atoms with van der Waals surface area (Å²) < 4.78 is 0. The molecule has 5 rings (SSSR count). The van der Waals surface area contributed by atoms with Crippen molar-refractivity contribution in [1.82, 2.24) is 36.4 Å². The molecule has 0 aromatic heterocycles. The van der Waals surface area contributed by atoms with E-state index in [0.29, 0.717) is 24.8 Å². The minimum Gasteiger partial charge on any atom is -0.394 e. The first-order valence-corrected chi connectivity index (χ1v) is 19.8. The number of rotatable bonds is 8. The van der Waals surface area contributed by atoms with Crippen LogP contribution in [-0.4, -0.2) is 129 Å². The van der Waals surface area contributed by atoms with Crippen LogP contribution in [0, 0.1) is 5.92 Å². The van der Waals surface area contributed by atoms with Crippen LogP contribution in [0.3, 0.4) is 0 Å². The summed E-state index contributed by atoms with van der Waals surface area (Å²) in [5, 5.41) is 34.7. The van der Waals surface area contributed by atoms with Gasteiger partial charge in [0.1, 0.15) is 42.3 Å². The van der Waals surface area contributed by atoms with Gasteiger partial charge in [0.25, 0.3) is 0 Å². The number of nitrogens with zero attached hydrogens (tertiary/aromatic N) is 2. The van der Waals surface area contributed by atoms with Crippen molar-refractivity contribution >= 4 is 41.4 Å². The van der Waals surface area contributed by atoms with Crippen LogP contribution in [0.4, 0.5) is 0 Å². The Morgan fingerprint density at radius 1 is 0.596 bits per heavy atom. The Bertz CT molecular complexity index is 1760. The van der Waals surface area contributed by atoms with Crippen molar-refractivity contribution in [2.75, 3.05) is 19.7 Å². The lowest BCUT2D eigenvalue weighted by Crippen LogP contribution is -2.61. The predicted octanol–water partition coefficient (Wildman–Crippen LogP) is -0.689. The molecule has 0 aliphatic carbocycles. The number of benzene rings is 2. The van der Waals surface area contributed by atoms with Crippen molar-refractivity contribution in [3.05, 3.63) is 71.8 Å². The van der Waals surface area contributed by atoms with E-state index in [1.165, 1.54) is 16.7 Å². The molecule has 308 valence electrons. The summed E-state index contributed by atoms with van der Waals surface area (Å²) in [7, 11) is 0. The molecular weight excluding hydrogens is 734 g/mol. The van der Waals surface area contributed by atoms with Gasteiger partial charge in [0.15, 0.2) is 0 Å². The van der Waals surface area contributed by atoms with Gasteiger partial charge in [-0.15, -0.1) is 0 Å². The third kappa shape index (κ3) is 10.5. The second kappa shape index (κ2) is 19.7. The first-order chi connectivity index (χ1) is 27.3. The van der Waals surface area contributed by atoms with Crippen molar-refractivity contribution in [2.24, 2.45) is 5.92 Å². The number of hydrogen-bond acceptors (Lipinski definition) is 9. The maximum Gasteiger partial charge on any atom is 0.248 e. The highest BCUT2D eigenvalue weighted by Gasteiger charge is 2.44. The molecule has 16 heteroatoms. The molecule has 9 atom stereocenters. The lowest BCUT2D eigenvalue weighted by atomic mass is 9.96. The molecule has 7 amide bonds. The molecule has 7 N–H and O–H groups in total. The molecule has 3 aliphatic heterocycles. The highest BCUT2D eigenvalue weighted by atomic mass is 16.3. The molecule has 2 aromatic rings. The Balaban J connectivity index is 1.55. The van der Waals surface area contributed by atoms with E-state index in [4.69, 9.17) is 0 Å². The van der Waals surface area contributed by atoms with Crippen LogP contribution in [0.2, 0.25) is 0 Å². The summed E-state index contributed by atoms with van der Waals surface area (Å²) in [5.41, 5.74) is 1.40. The van der Waals surface area contributed by atoms with Gasteiger partial charge in [-0.25, -0.2) is 0 Å². The summed E-state index contributed by atoms with van der Waals surface area (Å²) in [6.07, 6.45) is 0.449. The van der Waals surface area contributed by atoms with Gasteiger partial charge in [0.2, 0.25) is 41.4 Å². The zero-order valence-electron chi connectivity index (χ0n) is 32.7. The van der Waals surface area contributed by atoms with E-state index >= 15 is 0 Å². The van der Waals surface area contributed by atoms with Gasteiger partial charge in [-0.3, -0.25) is 33.6 Å². The number of hydrogen-bond donors (Lipinski definition) is 7.